The first-order valence-corrected chi connectivity index (χ1v) is 13.9. The van der Waals surface area contributed by atoms with E-state index in [1.807, 2.05) is 56.3 Å². The van der Waals surface area contributed by atoms with Crippen LogP contribution < -0.4 is 21.3 Å². The highest BCUT2D eigenvalue weighted by molar-refractivity contribution is 6.38. The van der Waals surface area contributed by atoms with Crippen molar-refractivity contribution in [2.75, 3.05) is 6.54 Å². The molecule has 0 aliphatic carbocycles. The zero-order valence-electron chi connectivity index (χ0n) is 23.9. The van der Waals surface area contributed by atoms with E-state index < -0.39 is 47.7 Å². The van der Waals surface area contributed by atoms with E-state index >= 15 is 0 Å². The van der Waals surface area contributed by atoms with Crippen molar-refractivity contribution in [2.24, 2.45) is 11.8 Å². The minimum absolute atomic E-state index is 0.00809. The predicted molar refractivity (Wildman–Crippen MR) is 151 cm³/mol. The molecule has 1 aliphatic heterocycles. The molecule has 3 unspecified atom stereocenters. The van der Waals surface area contributed by atoms with Gasteiger partial charge in [-0.2, -0.15) is 0 Å². The highest BCUT2D eigenvalue weighted by atomic mass is 16.5. The smallest absolute Gasteiger partial charge is 0.408 e. The van der Waals surface area contributed by atoms with E-state index in [-0.39, 0.29) is 37.8 Å². The van der Waals surface area contributed by atoms with E-state index in [0.717, 1.165) is 11.1 Å². The summed E-state index contributed by atoms with van der Waals surface area (Å²) in [6, 6.07) is 9.65. The van der Waals surface area contributed by atoms with Crippen molar-refractivity contribution in [3.8, 4) is 0 Å². The number of amides is 4. The number of alkyl carbamates (subject to hydrolysis) is 1. The van der Waals surface area contributed by atoms with Gasteiger partial charge in [0.1, 0.15) is 24.7 Å². The summed E-state index contributed by atoms with van der Waals surface area (Å²) in [5.41, 5.74) is 2.32. The lowest BCUT2D eigenvalue weighted by atomic mass is 9.98. The molecule has 4 amide bonds. The van der Waals surface area contributed by atoms with Crippen LogP contribution >= 0.6 is 0 Å². The van der Waals surface area contributed by atoms with E-state index in [9.17, 15) is 24.0 Å². The molecule has 3 atom stereocenters. The molecule has 0 fully saturated rings. The fourth-order valence-electron chi connectivity index (χ4n) is 4.44. The van der Waals surface area contributed by atoms with Crippen molar-refractivity contribution in [3.63, 3.8) is 0 Å². The number of rotatable bonds is 10. The zero-order chi connectivity index (χ0) is 29.9. The van der Waals surface area contributed by atoms with E-state index in [2.05, 4.69) is 26.3 Å². The van der Waals surface area contributed by atoms with Gasteiger partial charge in [-0.15, -0.1) is 0 Å². The van der Waals surface area contributed by atoms with Crippen LogP contribution in [0.25, 0.3) is 0 Å². The van der Waals surface area contributed by atoms with Crippen molar-refractivity contribution in [1.82, 2.24) is 26.3 Å². The lowest BCUT2D eigenvalue weighted by Gasteiger charge is -2.27. The van der Waals surface area contributed by atoms with Crippen LogP contribution in [-0.4, -0.2) is 59.3 Å². The van der Waals surface area contributed by atoms with Crippen molar-refractivity contribution in [3.05, 3.63) is 65.5 Å². The molecule has 4 N–H and O–H groups in total. The lowest BCUT2D eigenvalue weighted by molar-refractivity contribution is -0.140. The topological polar surface area (TPSA) is 156 Å². The fourth-order valence-corrected chi connectivity index (χ4v) is 4.44. The van der Waals surface area contributed by atoms with Gasteiger partial charge in [-0.25, -0.2) is 4.79 Å². The average molecular weight is 566 g/mol. The lowest BCUT2D eigenvalue weighted by Crippen LogP contribution is -2.58. The Morgan fingerprint density at radius 1 is 1.02 bits per heavy atom. The average Bonchev–Trinajstić information content (AvgIpc) is 2.93. The number of carbonyl (C=O) groups is 5. The Morgan fingerprint density at radius 2 is 1.76 bits per heavy atom. The maximum Gasteiger partial charge on any atom is 0.408 e. The van der Waals surface area contributed by atoms with Crippen molar-refractivity contribution in [1.29, 1.82) is 0 Å². The molecule has 2 heterocycles. The molecule has 1 aromatic carbocycles. The van der Waals surface area contributed by atoms with Gasteiger partial charge in [0, 0.05) is 24.9 Å². The Hall–Kier alpha value is -4.28. The molecule has 0 saturated carbocycles. The number of hydrogen-bond acceptors (Lipinski definition) is 7. The number of pyridine rings is 1. The molecular weight excluding hydrogens is 526 g/mol. The van der Waals surface area contributed by atoms with E-state index in [1.54, 1.807) is 20.0 Å². The maximum absolute atomic E-state index is 13.4. The summed E-state index contributed by atoms with van der Waals surface area (Å²) >= 11 is 0. The second-order valence-electron chi connectivity index (χ2n) is 10.9. The Balaban J connectivity index is 1.70. The van der Waals surface area contributed by atoms with Crippen LogP contribution in [0.2, 0.25) is 0 Å². The van der Waals surface area contributed by atoms with Gasteiger partial charge >= 0.3 is 6.09 Å². The van der Waals surface area contributed by atoms with Crippen LogP contribution in [-0.2, 0) is 43.4 Å². The molecule has 3 rings (SSSR count). The molecule has 11 nitrogen and oxygen atoms in total. The third-order valence-corrected chi connectivity index (χ3v) is 6.63. The standard InChI is InChI=1S/C30H39N5O6/c1-18(2)14-24(34-28(38)25(19(3)4)35-30(40)41-17-21-8-6-5-7-9-21)27(37)33-23-16-22-15-20(10-12-31-22)11-13-32-29(39)26(23)36/h5-10,12,15,18-19,23-25H,11,13-14,16-17H2,1-4H3,(H,32,39)(H,33,37)(H,34,38)(H,35,40). The summed E-state index contributed by atoms with van der Waals surface area (Å²) in [7, 11) is 0. The summed E-state index contributed by atoms with van der Waals surface area (Å²) < 4.78 is 5.27. The summed E-state index contributed by atoms with van der Waals surface area (Å²) in [6.07, 6.45) is 1.71. The van der Waals surface area contributed by atoms with Gasteiger partial charge in [-0.05, 0) is 47.9 Å². The van der Waals surface area contributed by atoms with Crippen molar-refractivity contribution in [2.45, 2.75) is 71.7 Å². The normalized spacial score (nSPS) is 16.8. The number of aromatic nitrogens is 1. The summed E-state index contributed by atoms with van der Waals surface area (Å²) in [4.78, 5) is 68.9. The van der Waals surface area contributed by atoms with Crippen LogP contribution in [0.5, 0.6) is 0 Å². The number of Topliss-reactive ketones (excluding diaryl/α,β-unsaturated/α-hetero) is 1. The molecule has 2 aromatic rings. The van der Waals surface area contributed by atoms with Crippen LogP contribution in [0.3, 0.4) is 0 Å². The minimum Gasteiger partial charge on any atom is -0.445 e. The highest BCUT2D eigenvalue weighted by Gasteiger charge is 2.33. The Kier molecular flexibility index (Phi) is 11.4. The number of benzene rings is 1. The van der Waals surface area contributed by atoms with Crippen LogP contribution in [0.15, 0.2) is 48.7 Å². The minimum atomic E-state index is -1.16. The van der Waals surface area contributed by atoms with E-state index in [0.29, 0.717) is 12.1 Å². The third kappa shape index (κ3) is 9.70. The second kappa shape index (κ2) is 14.9. The Bertz CT molecular complexity index is 1230. The molecule has 41 heavy (non-hydrogen) atoms. The summed E-state index contributed by atoms with van der Waals surface area (Å²) in [6.45, 7) is 7.62. The molecule has 0 saturated heterocycles. The molecular formula is C30H39N5O6. The quantitative estimate of drug-likeness (QED) is 0.320. The molecule has 0 spiro atoms. The molecule has 0 radical (unpaired) electrons. The van der Waals surface area contributed by atoms with Gasteiger partial charge in [-0.3, -0.25) is 24.2 Å². The number of nitrogens with one attached hydrogen (secondary N) is 4. The van der Waals surface area contributed by atoms with Crippen LogP contribution in [0.4, 0.5) is 4.79 Å². The molecule has 2 bridgehead atoms. The fraction of sp³-hybridized carbons (Fsp3) is 0.467. The predicted octanol–water partition coefficient (Wildman–Crippen LogP) is 1.83. The van der Waals surface area contributed by atoms with Crippen LogP contribution in [0, 0.1) is 11.8 Å². The van der Waals surface area contributed by atoms with Gasteiger partial charge < -0.3 is 26.0 Å². The second-order valence-corrected chi connectivity index (χ2v) is 10.9. The van der Waals surface area contributed by atoms with Crippen molar-refractivity contribution < 1.29 is 28.7 Å². The first kappa shape index (κ1) is 31.3. The van der Waals surface area contributed by atoms with Gasteiger partial charge in [0.05, 0.1) is 0 Å². The maximum atomic E-state index is 13.4. The zero-order valence-corrected chi connectivity index (χ0v) is 23.9. The Morgan fingerprint density at radius 3 is 2.44 bits per heavy atom. The first-order chi connectivity index (χ1) is 19.5. The molecule has 1 aromatic heterocycles. The number of nitrogens with zero attached hydrogens (tertiary/aromatic N) is 1. The van der Waals surface area contributed by atoms with E-state index in [1.165, 1.54) is 0 Å². The SMILES string of the molecule is CC(C)CC(NC(=O)C(NC(=O)OCc1ccccc1)C(C)C)C(=O)NC1Cc2cc(ccn2)CCNC(=O)C1=O. The number of ketones is 1. The number of carbonyl (C=O) groups excluding carboxylic acids is 5. The highest BCUT2D eigenvalue weighted by Crippen LogP contribution is 2.12. The molecule has 1 aliphatic rings. The van der Waals surface area contributed by atoms with Gasteiger partial charge in [-0.1, -0.05) is 58.0 Å². The summed E-state index contributed by atoms with van der Waals surface area (Å²) in [5.74, 6) is -3.06. The van der Waals surface area contributed by atoms with Gasteiger partial charge in [0.2, 0.25) is 17.6 Å². The molecule has 11 heteroatoms. The first-order valence-electron chi connectivity index (χ1n) is 13.9. The Labute approximate surface area is 240 Å². The molecule has 220 valence electrons. The van der Waals surface area contributed by atoms with Gasteiger partial charge in [0.15, 0.2) is 0 Å². The summed E-state index contributed by atoms with van der Waals surface area (Å²) in [5, 5.41) is 10.6. The number of ether oxygens (including phenoxy) is 1. The van der Waals surface area contributed by atoms with Crippen LogP contribution in [0.1, 0.15) is 50.9 Å². The largest absolute Gasteiger partial charge is 0.445 e. The monoisotopic (exact) mass is 565 g/mol. The number of fused-ring (bicyclic) bond motifs is 2. The number of hydrogen-bond donors (Lipinski definition) is 4. The van der Waals surface area contributed by atoms with Gasteiger partial charge in [0.25, 0.3) is 5.91 Å². The van der Waals surface area contributed by atoms with E-state index in [4.69, 9.17) is 4.74 Å². The van der Waals surface area contributed by atoms with Crippen molar-refractivity contribution >= 4 is 29.6 Å². The third-order valence-electron chi connectivity index (χ3n) is 6.63.